The van der Waals surface area contributed by atoms with E-state index >= 15 is 0 Å². The molecule has 0 bridgehead atoms. The molecule has 0 heterocycles. The predicted octanol–water partition coefficient (Wildman–Crippen LogP) is 22.7. The van der Waals surface area contributed by atoms with Gasteiger partial charge < -0.3 is 33.8 Å². The van der Waals surface area contributed by atoms with Crippen LogP contribution in [0.4, 0.5) is 0 Å². The Morgan fingerprint density at radius 1 is 0.284 bits per heavy atom. The number of rotatable bonds is 72. The number of ether oxygens (including phenoxy) is 4. The van der Waals surface area contributed by atoms with Gasteiger partial charge in [0.05, 0.1) is 26.4 Å². The minimum absolute atomic E-state index is 0.0676. The van der Waals surface area contributed by atoms with Crippen LogP contribution in [0.1, 0.15) is 297 Å². The van der Waals surface area contributed by atoms with Crippen LogP contribution in [0.25, 0.3) is 0 Å². The SMILES string of the molecule is CC/C=C\C/C=C\C/C=C\C/C=C\C/C=C\CCCC(=O)OCC(COP(=O)(O)OCC(O)COP(=O)(O)OCC(COC(=O)CCCCCC/C=C\C/C=C\C/C=C\C/C=C\CC)OC(=O)CCCCCCC/C=C\C/C=C\CCC)OC(=O)CCCCCCC/C=C\CCCCCCCC. The summed E-state index contributed by atoms with van der Waals surface area (Å²) in [6.45, 7) is 4.45. The Kier molecular flexibility index (Phi) is 70.5. The van der Waals surface area contributed by atoms with Crippen molar-refractivity contribution in [1.29, 1.82) is 0 Å². The summed E-state index contributed by atoms with van der Waals surface area (Å²) in [7, 11) is -9.99. The van der Waals surface area contributed by atoms with E-state index in [0.717, 1.165) is 173 Å². The molecule has 0 aliphatic rings. The average molecular weight is 1470 g/mol. The summed E-state index contributed by atoms with van der Waals surface area (Å²) in [6, 6.07) is 0. The van der Waals surface area contributed by atoms with Gasteiger partial charge in [-0.25, -0.2) is 9.13 Å². The van der Waals surface area contributed by atoms with E-state index in [2.05, 4.69) is 161 Å². The maximum atomic E-state index is 13.1. The number of carbonyl (C=O) groups excluding carboxylic acids is 4. The number of phosphoric ester groups is 2. The van der Waals surface area contributed by atoms with Gasteiger partial charge in [0.1, 0.15) is 19.3 Å². The van der Waals surface area contributed by atoms with Crippen LogP contribution in [0.3, 0.4) is 0 Å². The molecule has 0 spiro atoms. The van der Waals surface area contributed by atoms with E-state index in [1.165, 1.54) is 38.5 Å². The molecule has 5 unspecified atom stereocenters. The third-order valence-electron chi connectivity index (χ3n) is 15.7. The van der Waals surface area contributed by atoms with Crippen molar-refractivity contribution in [3.05, 3.63) is 146 Å². The first-order valence-electron chi connectivity index (χ1n) is 39.1. The Balaban J connectivity index is 5.44. The number of aliphatic hydroxyl groups excluding tert-OH is 1. The minimum Gasteiger partial charge on any atom is -0.462 e. The second kappa shape index (κ2) is 74.2. The highest BCUT2D eigenvalue weighted by atomic mass is 31.2. The Morgan fingerprint density at radius 2 is 0.539 bits per heavy atom. The Morgan fingerprint density at radius 3 is 0.873 bits per heavy atom. The largest absolute Gasteiger partial charge is 0.472 e. The first-order valence-corrected chi connectivity index (χ1v) is 42.1. The van der Waals surface area contributed by atoms with Gasteiger partial charge in [-0.05, 0) is 154 Å². The van der Waals surface area contributed by atoms with Gasteiger partial charge in [-0.15, -0.1) is 0 Å². The van der Waals surface area contributed by atoms with Crippen LogP contribution in [-0.4, -0.2) is 96.7 Å². The van der Waals surface area contributed by atoms with E-state index in [-0.39, 0.29) is 25.7 Å². The van der Waals surface area contributed by atoms with Gasteiger partial charge in [0.15, 0.2) is 12.2 Å². The summed E-state index contributed by atoms with van der Waals surface area (Å²) in [4.78, 5) is 72.9. The third-order valence-corrected chi connectivity index (χ3v) is 17.7. The fourth-order valence-corrected chi connectivity index (χ4v) is 11.4. The maximum absolute atomic E-state index is 13.1. The number of carbonyl (C=O) groups is 4. The first kappa shape index (κ1) is 96.9. The van der Waals surface area contributed by atoms with E-state index in [0.29, 0.717) is 32.1 Å². The quantitative estimate of drug-likeness (QED) is 0.0169. The van der Waals surface area contributed by atoms with Gasteiger partial charge in [-0.3, -0.25) is 37.3 Å². The number of aliphatic hydroxyl groups is 1. The third kappa shape index (κ3) is 73.3. The molecule has 17 nitrogen and oxygen atoms in total. The van der Waals surface area contributed by atoms with Crippen molar-refractivity contribution < 1.29 is 80.2 Å². The fraction of sp³-hybridized carbons (Fsp3) is 0.663. The standard InChI is InChI=1S/C83H138O17P2/c1-5-9-13-17-21-25-29-33-36-38-41-44-47-51-55-59-63-67-80(85)93-73-78(99-82(87)69-65-61-57-53-49-43-32-28-24-20-16-12-8-4)75-97-101(89,90)95-71-77(84)72-96-102(91,92)98-76-79(100-83(88)70-66-62-58-54-50-46-40-35-31-27-23-19-15-11-7-3)74-94-81(86)68-64-60-56-52-48-45-42-39-37-34-30-26-22-18-14-10-6-2/h9-10,13-14,16,20-22,25-26,28,32-37,40-42,44-45,52,56,77-79,84H,5-8,11-12,15,17-19,23-24,27,29-31,38-39,43,46-51,53-55,57-76H2,1-4H3,(H,89,90)(H,91,92)/b13-9-,14-10-,20-16-,25-21-,26-22-,32-28-,36-33-,37-34-,40-35-,44-41-,45-42-,56-52-. The minimum atomic E-state index is -5.00. The summed E-state index contributed by atoms with van der Waals surface area (Å²) in [5.41, 5.74) is 0. The molecular weight excluding hydrogens is 1330 g/mol. The molecule has 0 aliphatic carbocycles. The molecule has 19 heteroatoms. The van der Waals surface area contributed by atoms with Crippen molar-refractivity contribution in [1.82, 2.24) is 0 Å². The van der Waals surface area contributed by atoms with Crippen LogP contribution in [0, 0.1) is 0 Å². The monoisotopic (exact) mass is 1470 g/mol. The Bertz CT molecular complexity index is 2510. The Hall–Kier alpha value is -5.06. The molecular formula is C83H138O17P2. The van der Waals surface area contributed by atoms with Crippen LogP contribution in [0.2, 0.25) is 0 Å². The van der Waals surface area contributed by atoms with Crippen molar-refractivity contribution in [2.24, 2.45) is 0 Å². The molecule has 0 fully saturated rings. The zero-order valence-corrected chi connectivity index (χ0v) is 65.3. The zero-order chi connectivity index (χ0) is 74.6. The maximum Gasteiger partial charge on any atom is 0.472 e. The predicted molar refractivity (Wildman–Crippen MR) is 417 cm³/mol. The molecule has 102 heavy (non-hydrogen) atoms. The highest BCUT2D eigenvalue weighted by molar-refractivity contribution is 7.47. The van der Waals surface area contributed by atoms with Gasteiger partial charge in [0.25, 0.3) is 0 Å². The van der Waals surface area contributed by atoms with Gasteiger partial charge >= 0.3 is 39.5 Å². The van der Waals surface area contributed by atoms with Gasteiger partial charge in [-0.2, -0.15) is 0 Å². The summed E-state index contributed by atoms with van der Waals surface area (Å²) in [5.74, 6) is -2.30. The van der Waals surface area contributed by atoms with Crippen molar-refractivity contribution in [3.63, 3.8) is 0 Å². The first-order chi connectivity index (χ1) is 49.7. The van der Waals surface area contributed by atoms with Crippen LogP contribution >= 0.6 is 15.6 Å². The smallest absolute Gasteiger partial charge is 0.462 e. The summed E-state index contributed by atoms with van der Waals surface area (Å²) in [5, 5.41) is 10.6. The number of phosphoric acid groups is 2. The molecule has 0 amide bonds. The Labute approximate surface area is 617 Å². The lowest BCUT2D eigenvalue weighted by Crippen LogP contribution is -2.30. The van der Waals surface area contributed by atoms with E-state index in [4.69, 9.17) is 37.0 Å². The lowest BCUT2D eigenvalue weighted by Gasteiger charge is -2.21. The van der Waals surface area contributed by atoms with Gasteiger partial charge in [0, 0.05) is 25.7 Å². The summed E-state index contributed by atoms with van der Waals surface area (Å²) >= 11 is 0. The van der Waals surface area contributed by atoms with Gasteiger partial charge in [0.2, 0.25) is 0 Å². The number of hydrogen-bond donors (Lipinski definition) is 3. The number of hydrogen-bond acceptors (Lipinski definition) is 15. The molecule has 3 N–H and O–H groups in total. The molecule has 0 saturated heterocycles. The zero-order valence-electron chi connectivity index (χ0n) is 63.5. The van der Waals surface area contributed by atoms with E-state index in [1.807, 2.05) is 12.2 Å². The molecule has 0 aliphatic heterocycles. The second-order valence-electron chi connectivity index (χ2n) is 25.5. The van der Waals surface area contributed by atoms with Crippen LogP contribution in [0.15, 0.2) is 146 Å². The van der Waals surface area contributed by atoms with E-state index < -0.39 is 97.5 Å². The highest BCUT2D eigenvalue weighted by Crippen LogP contribution is 2.45. The van der Waals surface area contributed by atoms with E-state index in [1.54, 1.807) is 0 Å². The van der Waals surface area contributed by atoms with Crippen LogP contribution in [-0.2, 0) is 65.4 Å². The van der Waals surface area contributed by atoms with Gasteiger partial charge in [-0.1, -0.05) is 263 Å². The molecule has 5 atom stereocenters. The molecule has 0 rings (SSSR count). The molecule has 0 saturated carbocycles. The molecule has 0 aromatic rings. The lowest BCUT2D eigenvalue weighted by atomic mass is 10.1. The van der Waals surface area contributed by atoms with Crippen molar-refractivity contribution in [2.75, 3.05) is 39.6 Å². The van der Waals surface area contributed by atoms with Crippen molar-refractivity contribution in [2.45, 2.75) is 316 Å². The van der Waals surface area contributed by atoms with E-state index in [9.17, 15) is 43.2 Å². The topological polar surface area (TPSA) is 237 Å². The van der Waals surface area contributed by atoms with Crippen molar-refractivity contribution >= 4 is 39.5 Å². The summed E-state index contributed by atoms with van der Waals surface area (Å²) in [6.07, 6.45) is 84.1. The highest BCUT2D eigenvalue weighted by Gasteiger charge is 2.30. The average Bonchev–Trinajstić information content (AvgIpc) is 0.939. The summed E-state index contributed by atoms with van der Waals surface area (Å²) < 4.78 is 68.5. The number of allylic oxidation sites excluding steroid dienone is 24. The lowest BCUT2D eigenvalue weighted by molar-refractivity contribution is -0.161. The number of unbranched alkanes of at least 4 members (excludes halogenated alkanes) is 22. The van der Waals surface area contributed by atoms with Crippen LogP contribution in [0.5, 0.6) is 0 Å². The molecule has 0 aromatic carbocycles. The molecule has 0 radical (unpaired) electrons. The van der Waals surface area contributed by atoms with Crippen molar-refractivity contribution in [3.8, 4) is 0 Å². The molecule has 582 valence electrons. The second-order valence-corrected chi connectivity index (χ2v) is 28.4. The molecule has 0 aromatic heterocycles. The van der Waals surface area contributed by atoms with Crippen LogP contribution < -0.4 is 0 Å². The number of esters is 4. The normalized spacial score (nSPS) is 14.7. The fourth-order valence-electron chi connectivity index (χ4n) is 9.87.